The summed E-state index contributed by atoms with van der Waals surface area (Å²) in [7, 11) is 0. The molecule has 0 unspecified atom stereocenters. The van der Waals surface area contributed by atoms with Crippen LogP contribution in [0.25, 0.3) is 11.1 Å². The molecule has 64 valence electrons. The smallest absolute Gasteiger partial charge is 0.195 e. The number of fused-ring (bicyclic) bond motifs is 1. The van der Waals surface area contributed by atoms with E-state index in [2.05, 4.69) is 11.1 Å². The summed E-state index contributed by atoms with van der Waals surface area (Å²) in [5.74, 6) is 0.713. The van der Waals surface area contributed by atoms with E-state index in [0.717, 1.165) is 17.5 Å². The average Bonchev–Trinajstić information content (AvgIpc) is 2.58. The Hall–Kier alpha value is -1.82. The second kappa shape index (κ2) is 2.91. The van der Waals surface area contributed by atoms with Crippen molar-refractivity contribution in [2.75, 3.05) is 0 Å². The molecule has 0 aliphatic rings. The van der Waals surface area contributed by atoms with Crippen LogP contribution >= 0.6 is 0 Å². The SMILES string of the molecule is CCc1nc2cc(C#N)ccc2o1. The van der Waals surface area contributed by atoms with Crippen molar-refractivity contribution in [3.05, 3.63) is 29.7 Å². The molecular formula is C10H8N2O. The molecule has 13 heavy (non-hydrogen) atoms. The zero-order chi connectivity index (χ0) is 9.26. The molecule has 0 aliphatic carbocycles. The Labute approximate surface area is 75.6 Å². The van der Waals surface area contributed by atoms with Gasteiger partial charge in [0.1, 0.15) is 5.52 Å². The number of nitrogens with zero attached hydrogens (tertiary/aromatic N) is 2. The lowest BCUT2D eigenvalue weighted by Gasteiger charge is -1.85. The first-order valence-electron chi connectivity index (χ1n) is 4.13. The van der Waals surface area contributed by atoms with E-state index >= 15 is 0 Å². The van der Waals surface area contributed by atoms with E-state index in [1.54, 1.807) is 18.2 Å². The first-order chi connectivity index (χ1) is 6.33. The fourth-order valence-corrected chi connectivity index (χ4v) is 1.20. The van der Waals surface area contributed by atoms with Gasteiger partial charge in [0.2, 0.25) is 0 Å². The third-order valence-corrected chi connectivity index (χ3v) is 1.86. The average molecular weight is 172 g/mol. The second-order valence-corrected chi connectivity index (χ2v) is 2.76. The summed E-state index contributed by atoms with van der Waals surface area (Å²) in [6.45, 7) is 1.98. The number of aromatic nitrogens is 1. The van der Waals surface area contributed by atoms with Gasteiger partial charge in [0, 0.05) is 6.42 Å². The molecule has 3 heteroatoms. The van der Waals surface area contributed by atoms with Gasteiger partial charge in [-0.1, -0.05) is 6.92 Å². The fourth-order valence-electron chi connectivity index (χ4n) is 1.20. The summed E-state index contributed by atoms with van der Waals surface area (Å²) >= 11 is 0. The van der Waals surface area contributed by atoms with Crippen LogP contribution in [-0.2, 0) is 6.42 Å². The standard InChI is InChI=1S/C10H8N2O/c1-2-10-12-8-5-7(6-11)3-4-9(8)13-10/h3-5H,2H2,1H3. The van der Waals surface area contributed by atoms with Crippen LogP contribution in [0.5, 0.6) is 0 Å². The summed E-state index contributed by atoms with van der Waals surface area (Å²) in [4.78, 5) is 4.22. The van der Waals surface area contributed by atoms with Gasteiger partial charge in [-0.05, 0) is 18.2 Å². The topological polar surface area (TPSA) is 49.8 Å². The molecule has 1 aromatic carbocycles. The van der Waals surface area contributed by atoms with Gasteiger partial charge in [0.05, 0.1) is 11.6 Å². The minimum Gasteiger partial charge on any atom is -0.441 e. The molecule has 0 atom stereocenters. The lowest BCUT2D eigenvalue weighted by atomic mass is 10.2. The molecule has 0 radical (unpaired) electrons. The van der Waals surface area contributed by atoms with Crippen molar-refractivity contribution in [2.24, 2.45) is 0 Å². The third kappa shape index (κ3) is 1.27. The highest BCUT2D eigenvalue weighted by Gasteiger charge is 2.03. The number of rotatable bonds is 1. The van der Waals surface area contributed by atoms with Crippen LogP contribution in [0.2, 0.25) is 0 Å². The maximum absolute atomic E-state index is 8.65. The Balaban J connectivity index is 2.65. The van der Waals surface area contributed by atoms with Crippen molar-refractivity contribution in [2.45, 2.75) is 13.3 Å². The van der Waals surface area contributed by atoms with Crippen LogP contribution in [0, 0.1) is 11.3 Å². The van der Waals surface area contributed by atoms with E-state index in [-0.39, 0.29) is 0 Å². The molecule has 3 nitrogen and oxygen atoms in total. The molecule has 1 aromatic heterocycles. The number of hydrogen-bond acceptors (Lipinski definition) is 3. The van der Waals surface area contributed by atoms with Crippen LogP contribution in [0.3, 0.4) is 0 Å². The van der Waals surface area contributed by atoms with E-state index in [1.165, 1.54) is 0 Å². The molecule has 2 rings (SSSR count). The maximum Gasteiger partial charge on any atom is 0.195 e. The first-order valence-corrected chi connectivity index (χ1v) is 4.13. The molecule has 0 spiro atoms. The number of nitriles is 1. The molecule has 2 aromatic rings. The van der Waals surface area contributed by atoms with Gasteiger partial charge < -0.3 is 4.42 Å². The van der Waals surface area contributed by atoms with Crippen molar-refractivity contribution >= 4 is 11.1 Å². The van der Waals surface area contributed by atoms with Gasteiger partial charge in [0.25, 0.3) is 0 Å². The van der Waals surface area contributed by atoms with Gasteiger partial charge in [-0.15, -0.1) is 0 Å². The highest BCUT2D eigenvalue weighted by atomic mass is 16.3. The van der Waals surface area contributed by atoms with Crippen molar-refractivity contribution < 1.29 is 4.42 Å². The van der Waals surface area contributed by atoms with Crippen LogP contribution < -0.4 is 0 Å². The predicted molar refractivity (Wildman–Crippen MR) is 48.1 cm³/mol. The molecule has 1 heterocycles. The Morgan fingerprint density at radius 1 is 1.54 bits per heavy atom. The van der Waals surface area contributed by atoms with Crippen LogP contribution in [0.15, 0.2) is 22.6 Å². The molecular weight excluding hydrogens is 164 g/mol. The first kappa shape index (κ1) is 7.81. The Bertz CT molecular complexity index is 479. The molecule has 0 N–H and O–H groups in total. The van der Waals surface area contributed by atoms with E-state index in [1.807, 2.05) is 6.92 Å². The molecule has 0 amide bonds. The monoisotopic (exact) mass is 172 g/mol. The number of oxazole rings is 1. The van der Waals surface area contributed by atoms with Crippen LogP contribution in [-0.4, -0.2) is 4.98 Å². The number of hydrogen-bond donors (Lipinski definition) is 0. The fraction of sp³-hybridized carbons (Fsp3) is 0.200. The largest absolute Gasteiger partial charge is 0.441 e. The minimum absolute atomic E-state index is 0.614. The zero-order valence-corrected chi connectivity index (χ0v) is 7.24. The third-order valence-electron chi connectivity index (χ3n) is 1.86. The van der Waals surface area contributed by atoms with Crippen molar-refractivity contribution in [3.8, 4) is 6.07 Å². The van der Waals surface area contributed by atoms with Gasteiger partial charge >= 0.3 is 0 Å². The van der Waals surface area contributed by atoms with Gasteiger partial charge in [-0.2, -0.15) is 5.26 Å². The summed E-state index contributed by atoms with van der Waals surface area (Å²) in [6.07, 6.45) is 0.774. The Morgan fingerprint density at radius 2 is 2.38 bits per heavy atom. The van der Waals surface area contributed by atoms with Crippen LogP contribution in [0.1, 0.15) is 18.4 Å². The van der Waals surface area contributed by atoms with Gasteiger partial charge in [0.15, 0.2) is 11.5 Å². The number of aryl methyl sites for hydroxylation is 1. The van der Waals surface area contributed by atoms with E-state index < -0.39 is 0 Å². The lowest BCUT2D eigenvalue weighted by molar-refractivity contribution is 0.538. The molecule has 0 bridgehead atoms. The lowest BCUT2D eigenvalue weighted by Crippen LogP contribution is -1.76. The minimum atomic E-state index is 0.614. The number of benzene rings is 1. The summed E-state index contributed by atoms with van der Waals surface area (Å²) < 4.78 is 5.40. The maximum atomic E-state index is 8.65. The van der Waals surface area contributed by atoms with Crippen molar-refractivity contribution in [1.29, 1.82) is 5.26 Å². The van der Waals surface area contributed by atoms with E-state index in [9.17, 15) is 0 Å². The summed E-state index contributed by atoms with van der Waals surface area (Å²) in [5, 5.41) is 8.65. The predicted octanol–water partition coefficient (Wildman–Crippen LogP) is 2.26. The van der Waals surface area contributed by atoms with Crippen molar-refractivity contribution in [3.63, 3.8) is 0 Å². The Morgan fingerprint density at radius 3 is 3.08 bits per heavy atom. The zero-order valence-electron chi connectivity index (χ0n) is 7.24. The van der Waals surface area contributed by atoms with E-state index in [0.29, 0.717) is 11.5 Å². The van der Waals surface area contributed by atoms with Crippen molar-refractivity contribution in [1.82, 2.24) is 4.98 Å². The molecule has 0 aliphatic heterocycles. The highest BCUT2D eigenvalue weighted by molar-refractivity contribution is 5.74. The van der Waals surface area contributed by atoms with Gasteiger partial charge in [-0.25, -0.2) is 4.98 Å². The molecule has 0 fully saturated rings. The van der Waals surface area contributed by atoms with E-state index in [4.69, 9.17) is 9.68 Å². The normalized spacial score (nSPS) is 10.2. The second-order valence-electron chi connectivity index (χ2n) is 2.76. The van der Waals surface area contributed by atoms with Crippen LogP contribution in [0.4, 0.5) is 0 Å². The Kier molecular flexibility index (Phi) is 1.75. The molecule has 0 saturated heterocycles. The summed E-state index contributed by atoms with van der Waals surface area (Å²) in [6, 6.07) is 7.31. The summed E-state index contributed by atoms with van der Waals surface area (Å²) in [5.41, 5.74) is 2.12. The quantitative estimate of drug-likeness (QED) is 0.662. The molecule has 0 saturated carbocycles. The highest BCUT2D eigenvalue weighted by Crippen LogP contribution is 2.16. The van der Waals surface area contributed by atoms with Gasteiger partial charge in [-0.3, -0.25) is 0 Å².